The van der Waals surface area contributed by atoms with Crippen LogP contribution in [0.5, 0.6) is 5.75 Å². The third-order valence-corrected chi connectivity index (χ3v) is 3.97. The normalized spacial score (nSPS) is 13.1. The van der Waals surface area contributed by atoms with Gasteiger partial charge in [-0.05, 0) is 42.0 Å². The molecule has 0 saturated carbocycles. The van der Waals surface area contributed by atoms with Gasteiger partial charge < -0.3 is 4.74 Å². The molecular weight excluding hydrogens is 385 g/mol. The highest BCUT2D eigenvalue weighted by atomic mass is 79.9. The van der Waals surface area contributed by atoms with E-state index in [1.165, 1.54) is 12.1 Å². The number of hydrogen-bond acceptors (Lipinski definition) is 3. The lowest BCUT2D eigenvalue weighted by molar-refractivity contribution is -0.137. The van der Waals surface area contributed by atoms with Crippen LogP contribution < -0.4 is 10.6 Å². The molecule has 2 rings (SSSR count). The monoisotopic (exact) mass is 402 g/mol. The maximum Gasteiger partial charge on any atom is 0.416 e. The molecule has 0 bridgehead atoms. The molecule has 0 aliphatic heterocycles. The van der Waals surface area contributed by atoms with Crippen LogP contribution in [-0.2, 0) is 6.18 Å². The van der Waals surface area contributed by atoms with Gasteiger partial charge in [-0.3, -0.25) is 10.9 Å². The number of benzene rings is 2. The van der Waals surface area contributed by atoms with E-state index in [-0.39, 0.29) is 6.10 Å². The summed E-state index contributed by atoms with van der Waals surface area (Å²) in [6.07, 6.45) is -4.05. The molecule has 0 spiro atoms. The molecule has 0 heterocycles. The van der Waals surface area contributed by atoms with Crippen molar-refractivity contribution in [1.29, 1.82) is 0 Å². The van der Waals surface area contributed by atoms with E-state index in [4.69, 9.17) is 10.6 Å². The first-order valence-electron chi connectivity index (χ1n) is 7.31. The number of nitrogens with two attached hydrogens (primary N) is 1. The number of nitrogens with zero attached hydrogens (tertiary/aromatic N) is 1. The van der Waals surface area contributed by atoms with Gasteiger partial charge in [-0.25, -0.2) is 0 Å². The zero-order chi connectivity index (χ0) is 17.7. The van der Waals surface area contributed by atoms with Gasteiger partial charge in [-0.1, -0.05) is 28.1 Å². The van der Waals surface area contributed by atoms with Crippen molar-refractivity contribution < 1.29 is 17.9 Å². The molecule has 1 atom stereocenters. The summed E-state index contributed by atoms with van der Waals surface area (Å²) in [5.41, 5.74) is 0.233. The van der Waals surface area contributed by atoms with E-state index in [2.05, 4.69) is 15.9 Å². The Bertz CT molecular complexity index is 642. The molecule has 0 aromatic heterocycles. The predicted molar refractivity (Wildman–Crippen MR) is 90.4 cm³/mol. The minimum Gasteiger partial charge on any atom is -0.486 e. The molecule has 0 radical (unpaired) electrons. The SMILES string of the molecule is CN(N)CCC(Oc1ccc(C(F)(F)F)cc1)c1ccc(Br)cc1. The Morgan fingerprint density at radius 3 is 2.17 bits per heavy atom. The van der Waals surface area contributed by atoms with Gasteiger partial charge in [0.05, 0.1) is 5.56 Å². The van der Waals surface area contributed by atoms with Crippen LogP contribution in [0, 0.1) is 0 Å². The maximum atomic E-state index is 12.6. The molecule has 0 aliphatic carbocycles. The van der Waals surface area contributed by atoms with Crippen molar-refractivity contribution in [1.82, 2.24) is 5.01 Å². The van der Waals surface area contributed by atoms with Crippen molar-refractivity contribution in [2.45, 2.75) is 18.7 Å². The molecule has 0 amide bonds. The van der Waals surface area contributed by atoms with Crippen LogP contribution >= 0.6 is 15.9 Å². The first-order chi connectivity index (χ1) is 11.3. The Labute approximate surface area is 147 Å². The fraction of sp³-hybridized carbons (Fsp3) is 0.294. The lowest BCUT2D eigenvalue weighted by atomic mass is 10.1. The zero-order valence-electron chi connectivity index (χ0n) is 13.1. The van der Waals surface area contributed by atoms with Gasteiger partial charge in [0.1, 0.15) is 11.9 Å². The minimum absolute atomic E-state index is 0.305. The Hall–Kier alpha value is -1.57. The van der Waals surface area contributed by atoms with Crippen LogP contribution in [0.2, 0.25) is 0 Å². The standard InChI is InChI=1S/C17H18BrF3N2O/c1-23(22)11-10-16(12-2-6-14(18)7-3-12)24-15-8-4-13(5-9-15)17(19,20)21/h2-9,16H,10-11,22H2,1H3. The quantitative estimate of drug-likeness (QED) is 0.557. The van der Waals surface area contributed by atoms with Crippen LogP contribution in [-0.4, -0.2) is 18.6 Å². The van der Waals surface area contributed by atoms with Crippen molar-refractivity contribution in [3.05, 3.63) is 64.1 Å². The molecule has 1 unspecified atom stereocenters. The van der Waals surface area contributed by atoms with Crippen LogP contribution in [0.1, 0.15) is 23.7 Å². The molecule has 0 aliphatic rings. The third kappa shape index (κ3) is 5.51. The van der Waals surface area contributed by atoms with Gasteiger partial charge in [0, 0.05) is 24.5 Å². The van der Waals surface area contributed by atoms with Crippen LogP contribution in [0.3, 0.4) is 0 Å². The summed E-state index contributed by atoms with van der Waals surface area (Å²) in [5.74, 6) is 6.03. The number of ether oxygens (including phenoxy) is 1. The molecule has 130 valence electrons. The lowest BCUT2D eigenvalue weighted by Crippen LogP contribution is -2.28. The molecule has 2 aromatic carbocycles. The number of rotatable bonds is 6. The zero-order valence-corrected chi connectivity index (χ0v) is 14.6. The number of hydrazine groups is 1. The third-order valence-electron chi connectivity index (χ3n) is 3.45. The van der Waals surface area contributed by atoms with Crippen molar-refractivity contribution in [3.8, 4) is 5.75 Å². The van der Waals surface area contributed by atoms with Crippen LogP contribution in [0.15, 0.2) is 53.0 Å². The van der Waals surface area contributed by atoms with Gasteiger partial charge in [0.2, 0.25) is 0 Å². The number of alkyl halides is 3. The van der Waals surface area contributed by atoms with E-state index in [0.717, 1.165) is 22.2 Å². The maximum absolute atomic E-state index is 12.6. The average molecular weight is 403 g/mol. The first-order valence-corrected chi connectivity index (χ1v) is 8.10. The highest BCUT2D eigenvalue weighted by molar-refractivity contribution is 9.10. The average Bonchev–Trinajstić information content (AvgIpc) is 2.52. The van der Waals surface area contributed by atoms with E-state index in [1.807, 2.05) is 24.3 Å². The van der Waals surface area contributed by atoms with E-state index in [9.17, 15) is 13.2 Å². The molecule has 0 saturated heterocycles. The summed E-state index contributed by atoms with van der Waals surface area (Å²) in [4.78, 5) is 0. The Morgan fingerprint density at radius 2 is 1.67 bits per heavy atom. The molecule has 0 fully saturated rings. The summed E-state index contributed by atoms with van der Waals surface area (Å²) in [6, 6.07) is 12.3. The van der Waals surface area contributed by atoms with Crippen LogP contribution in [0.4, 0.5) is 13.2 Å². The highest BCUT2D eigenvalue weighted by Crippen LogP contribution is 2.32. The fourth-order valence-corrected chi connectivity index (χ4v) is 2.44. The Morgan fingerprint density at radius 1 is 1.08 bits per heavy atom. The second kappa shape index (κ2) is 8.00. The minimum atomic E-state index is -4.36. The fourth-order valence-electron chi connectivity index (χ4n) is 2.18. The summed E-state index contributed by atoms with van der Waals surface area (Å²) < 4.78 is 44.7. The molecule has 2 aromatic rings. The van der Waals surface area contributed by atoms with E-state index < -0.39 is 11.7 Å². The first kappa shape index (κ1) is 18.8. The Balaban J connectivity index is 2.16. The summed E-state index contributed by atoms with van der Waals surface area (Å²) in [5, 5.41) is 1.54. The van der Waals surface area contributed by atoms with E-state index >= 15 is 0 Å². The topological polar surface area (TPSA) is 38.5 Å². The molecular formula is C17H18BrF3N2O. The Kier molecular flexibility index (Phi) is 6.26. The molecule has 24 heavy (non-hydrogen) atoms. The summed E-state index contributed by atoms with van der Waals surface area (Å²) in [7, 11) is 1.75. The lowest BCUT2D eigenvalue weighted by Gasteiger charge is -2.22. The second-order valence-corrected chi connectivity index (χ2v) is 6.37. The van der Waals surface area contributed by atoms with E-state index in [1.54, 1.807) is 12.1 Å². The largest absolute Gasteiger partial charge is 0.486 e. The van der Waals surface area contributed by atoms with E-state index in [0.29, 0.717) is 18.7 Å². The summed E-state index contributed by atoms with van der Waals surface area (Å²) in [6.45, 7) is 0.585. The molecule has 7 heteroatoms. The predicted octanol–water partition coefficient (Wildman–Crippen LogP) is 4.78. The molecule has 2 N–H and O–H groups in total. The van der Waals surface area contributed by atoms with Gasteiger partial charge in [0.15, 0.2) is 0 Å². The number of halogens is 4. The highest BCUT2D eigenvalue weighted by Gasteiger charge is 2.30. The van der Waals surface area contributed by atoms with Gasteiger partial charge in [-0.15, -0.1) is 0 Å². The van der Waals surface area contributed by atoms with Gasteiger partial charge in [0.25, 0.3) is 0 Å². The van der Waals surface area contributed by atoms with Gasteiger partial charge >= 0.3 is 6.18 Å². The number of hydrogen-bond donors (Lipinski definition) is 1. The van der Waals surface area contributed by atoms with Crippen molar-refractivity contribution in [2.75, 3.05) is 13.6 Å². The van der Waals surface area contributed by atoms with Crippen molar-refractivity contribution >= 4 is 15.9 Å². The van der Waals surface area contributed by atoms with Crippen LogP contribution in [0.25, 0.3) is 0 Å². The van der Waals surface area contributed by atoms with Crippen molar-refractivity contribution in [2.24, 2.45) is 5.84 Å². The second-order valence-electron chi connectivity index (χ2n) is 5.45. The van der Waals surface area contributed by atoms with Crippen molar-refractivity contribution in [3.63, 3.8) is 0 Å². The smallest absolute Gasteiger partial charge is 0.416 e. The van der Waals surface area contributed by atoms with Gasteiger partial charge in [-0.2, -0.15) is 13.2 Å². The molecule has 3 nitrogen and oxygen atoms in total. The summed E-state index contributed by atoms with van der Waals surface area (Å²) >= 11 is 3.37.